The van der Waals surface area contributed by atoms with Gasteiger partial charge in [0.2, 0.25) is 5.91 Å². The summed E-state index contributed by atoms with van der Waals surface area (Å²) in [6.45, 7) is 1.53. The molecule has 0 aromatic heterocycles. The van der Waals surface area contributed by atoms with Crippen molar-refractivity contribution < 1.29 is 13.6 Å². The van der Waals surface area contributed by atoms with Gasteiger partial charge in [0.1, 0.15) is 11.6 Å². The van der Waals surface area contributed by atoms with Crippen LogP contribution in [-0.2, 0) is 11.2 Å². The second kappa shape index (κ2) is 5.33. The maximum atomic E-state index is 13.7. The van der Waals surface area contributed by atoms with Crippen molar-refractivity contribution in [3.8, 4) is 0 Å². The van der Waals surface area contributed by atoms with Crippen molar-refractivity contribution in [1.29, 1.82) is 0 Å². The summed E-state index contributed by atoms with van der Waals surface area (Å²) >= 11 is 0. The average molecular weight is 314 g/mol. The Morgan fingerprint density at radius 1 is 1.00 bits per heavy atom. The van der Waals surface area contributed by atoms with Crippen LogP contribution >= 0.6 is 0 Å². The lowest BCUT2D eigenvalue weighted by molar-refractivity contribution is -0.134. The molecule has 23 heavy (non-hydrogen) atoms. The zero-order valence-corrected chi connectivity index (χ0v) is 12.5. The molecule has 1 atom stereocenters. The monoisotopic (exact) mass is 314 g/mol. The number of rotatable bonds is 1. The SMILES string of the molecule is O=C1CN(c2ccc(F)cc2)CC2c3cc(F)ccc3CCN12. The van der Waals surface area contributed by atoms with Crippen molar-refractivity contribution in [3.63, 3.8) is 0 Å². The largest absolute Gasteiger partial charge is 0.360 e. The van der Waals surface area contributed by atoms with Crippen LogP contribution in [0.4, 0.5) is 14.5 Å². The smallest absolute Gasteiger partial charge is 0.242 e. The molecule has 2 aromatic rings. The van der Waals surface area contributed by atoms with Crippen molar-refractivity contribution in [3.05, 3.63) is 65.2 Å². The van der Waals surface area contributed by atoms with E-state index in [2.05, 4.69) is 0 Å². The van der Waals surface area contributed by atoms with Gasteiger partial charge in [-0.3, -0.25) is 4.79 Å². The quantitative estimate of drug-likeness (QED) is 0.808. The molecule has 118 valence electrons. The fourth-order valence-electron chi connectivity index (χ4n) is 3.54. The Balaban J connectivity index is 1.70. The summed E-state index contributed by atoms with van der Waals surface area (Å²) in [5.74, 6) is -0.554. The highest BCUT2D eigenvalue weighted by Gasteiger charge is 2.37. The molecule has 2 aliphatic rings. The number of carbonyl (C=O) groups excluding carboxylic acids is 1. The molecule has 1 fully saturated rings. The molecule has 3 nitrogen and oxygen atoms in total. The number of piperazine rings is 1. The first kappa shape index (κ1) is 14.2. The van der Waals surface area contributed by atoms with E-state index in [0.717, 1.165) is 23.2 Å². The lowest BCUT2D eigenvalue weighted by Gasteiger charge is -2.45. The maximum absolute atomic E-state index is 13.7. The minimum Gasteiger partial charge on any atom is -0.360 e. The van der Waals surface area contributed by atoms with Crippen molar-refractivity contribution in [2.24, 2.45) is 0 Å². The van der Waals surface area contributed by atoms with Crippen LogP contribution in [0.1, 0.15) is 17.2 Å². The van der Waals surface area contributed by atoms with Crippen LogP contribution in [0, 0.1) is 11.6 Å². The van der Waals surface area contributed by atoms with Crippen LogP contribution in [-0.4, -0.2) is 30.4 Å². The fourth-order valence-corrected chi connectivity index (χ4v) is 3.54. The van der Waals surface area contributed by atoms with Gasteiger partial charge in [0, 0.05) is 18.8 Å². The standard InChI is InChI=1S/C18H16F2N2O/c19-13-3-5-15(6-4-13)21-10-17-16-9-14(20)2-1-12(16)7-8-22(17)18(23)11-21/h1-6,9,17H,7-8,10-11H2. The van der Waals surface area contributed by atoms with Crippen molar-refractivity contribution >= 4 is 11.6 Å². The molecule has 1 unspecified atom stereocenters. The number of amides is 1. The normalized spacial score (nSPS) is 20.3. The average Bonchev–Trinajstić information content (AvgIpc) is 2.55. The first-order valence-electron chi connectivity index (χ1n) is 7.70. The molecule has 2 aromatic carbocycles. The Labute approximate surface area is 133 Å². The Morgan fingerprint density at radius 2 is 1.74 bits per heavy atom. The highest BCUT2D eigenvalue weighted by atomic mass is 19.1. The van der Waals surface area contributed by atoms with Crippen molar-refractivity contribution in [2.75, 3.05) is 24.5 Å². The van der Waals surface area contributed by atoms with E-state index < -0.39 is 0 Å². The summed E-state index contributed by atoms with van der Waals surface area (Å²) in [6.07, 6.45) is 0.758. The number of hydrogen-bond donors (Lipinski definition) is 0. The van der Waals surface area contributed by atoms with Crippen LogP contribution in [0.15, 0.2) is 42.5 Å². The molecular weight excluding hydrogens is 298 g/mol. The minimum atomic E-state index is -0.302. The van der Waals surface area contributed by atoms with E-state index >= 15 is 0 Å². The van der Waals surface area contributed by atoms with E-state index in [1.807, 2.05) is 15.9 Å². The number of benzene rings is 2. The number of nitrogens with zero attached hydrogens (tertiary/aromatic N) is 2. The summed E-state index contributed by atoms with van der Waals surface area (Å²) in [4.78, 5) is 16.3. The molecule has 0 bridgehead atoms. The fraction of sp³-hybridized carbons (Fsp3) is 0.278. The highest BCUT2D eigenvalue weighted by molar-refractivity contribution is 5.84. The maximum Gasteiger partial charge on any atom is 0.242 e. The Bertz CT molecular complexity index is 760. The molecular formula is C18H16F2N2O. The molecule has 0 radical (unpaired) electrons. The minimum absolute atomic E-state index is 0.0282. The zero-order valence-electron chi connectivity index (χ0n) is 12.5. The summed E-state index contributed by atoms with van der Waals surface area (Å²) in [7, 11) is 0. The van der Waals surface area contributed by atoms with Crippen LogP contribution < -0.4 is 4.90 Å². The van der Waals surface area contributed by atoms with Crippen LogP contribution in [0.5, 0.6) is 0 Å². The van der Waals surface area contributed by atoms with Crippen LogP contribution in [0.25, 0.3) is 0 Å². The van der Waals surface area contributed by atoms with E-state index in [1.54, 1.807) is 12.1 Å². The van der Waals surface area contributed by atoms with E-state index in [9.17, 15) is 13.6 Å². The second-order valence-electron chi connectivity index (χ2n) is 6.05. The van der Waals surface area contributed by atoms with Gasteiger partial charge in [0.05, 0.1) is 12.6 Å². The molecule has 4 rings (SSSR count). The van der Waals surface area contributed by atoms with Gasteiger partial charge in [0.15, 0.2) is 0 Å². The van der Waals surface area contributed by atoms with Crippen molar-refractivity contribution in [2.45, 2.75) is 12.5 Å². The van der Waals surface area contributed by atoms with Gasteiger partial charge >= 0.3 is 0 Å². The molecule has 1 amide bonds. The van der Waals surface area contributed by atoms with Gasteiger partial charge in [-0.2, -0.15) is 0 Å². The Kier molecular flexibility index (Phi) is 3.29. The predicted octanol–water partition coefficient (Wildman–Crippen LogP) is 2.91. The summed E-state index contributed by atoms with van der Waals surface area (Å²) in [5, 5.41) is 0. The third-order valence-corrected chi connectivity index (χ3v) is 4.70. The Hall–Kier alpha value is -2.43. The molecule has 0 N–H and O–H groups in total. The molecule has 0 saturated carbocycles. The van der Waals surface area contributed by atoms with Gasteiger partial charge in [-0.1, -0.05) is 6.07 Å². The number of fused-ring (bicyclic) bond motifs is 3. The molecule has 0 spiro atoms. The van der Waals surface area contributed by atoms with Gasteiger partial charge in [-0.25, -0.2) is 8.78 Å². The first-order chi connectivity index (χ1) is 11.1. The van der Waals surface area contributed by atoms with E-state index in [1.165, 1.54) is 24.3 Å². The van der Waals surface area contributed by atoms with Crippen molar-refractivity contribution in [1.82, 2.24) is 4.90 Å². The van der Waals surface area contributed by atoms with Gasteiger partial charge in [-0.05, 0) is 53.9 Å². The van der Waals surface area contributed by atoms with Crippen LogP contribution in [0.2, 0.25) is 0 Å². The van der Waals surface area contributed by atoms with E-state index in [4.69, 9.17) is 0 Å². The molecule has 2 aliphatic heterocycles. The number of halogens is 2. The molecule has 2 heterocycles. The molecule has 1 saturated heterocycles. The number of carbonyl (C=O) groups is 1. The van der Waals surface area contributed by atoms with Gasteiger partial charge in [0.25, 0.3) is 0 Å². The molecule has 5 heteroatoms. The predicted molar refractivity (Wildman–Crippen MR) is 83.2 cm³/mol. The number of hydrogen-bond acceptors (Lipinski definition) is 2. The lowest BCUT2D eigenvalue weighted by atomic mass is 9.90. The zero-order chi connectivity index (χ0) is 16.0. The summed E-state index contributed by atoms with van der Waals surface area (Å²) in [5.41, 5.74) is 2.79. The highest BCUT2D eigenvalue weighted by Crippen LogP contribution is 2.35. The van der Waals surface area contributed by atoms with E-state index in [-0.39, 0.29) is 30.1 Å². The molecule has 0 aliphatic carbocycles. The first-order valence-corrected chi connectivity index (χ1v) is 7.70. The van der Waals surface area contributed by atoms with E-state index in [0.29, 0.717) is 13.1 Å². The van der Waals surface area contributed by atoms with Crippen LogP contribution in [0.3, 0.4) is 0 Å². The second-order valence-corrected chi connectivity index (χ2v) is 6.05. The van der Waals surface area contributed by atoms with Gasteiger partial charge < -0.3 is 9.80 Å². The summed E-state index contributed by atoms with van der Waals surface area (Å²) < 4.78 is 26.8. The summed E-state index contributed by atoms with van der Waals surface area (Å²) in [6, 6.07) is 10.8. The Morgan fingerprint density at radius 3 is 2.52 bits per heavy atom. The number of anilines is 1. The lowest BCUT2D eigenvalue weighted by Crippen LogP contribution is -2.54. The third-order valence-electron chi connectivity index (χ3n) is 4.70. The third kappa shape index (κ3) is 2.46. The topological polar surface area (TPSA) is 23.6 Å². The van der Waals surface area contributed by atoms with Gasteiger partial charge in [-0.15, -0.1) is 0 Å².